The summed E-state index contributed by atoms with van der Waals surface area (Å²) in [5.41, 5.74) is 6.52. The fraction of sp³-hybridized carbons (Fsp3) is 0.800. The van der Waals surface area contributed by atoms with Gasteiger partial charge >= 0.3 is 0 Å². The molecule has 1 heterocycles. The summed E-state index contributed by atoms with van der Waals surface area (Å²) in [7, 11) is 0. The molecule has 4 heteroatoms. The van der Waals surface area contributed by atoms with Gasteiger partial charge in [-0.3, -0.25) is 4.68 Å². The molecule has 1 aromatic heterocycles. The molecule has 2 N–H and O–H groups in total. The molecule has 1 saturated carbocycles. The standard InChI is InChI=1S/C10H18N4/c11-6-2-5-10-8-14(13-12-10)7-9-3-1-4-9/h8-9H,1-7,11H2. The average Bonchev–Trinajstić information content (AvgIpc) is 2.56. The van der Waals surface area contributed by atoms with Gasteiger partial charge in [0.05, 0.1) is 5.69 Å². The zero-order valence-electron chi connectivity index (χ0n) is 8.52. The lowest BCUT2D eigenvalue weighted by atomic mass is 9.85. The van der Waals surface area contributed by atoms with Crippen molar-refractivity contribution >= 4 is 0 Å². The molecule has 1 aliphatic carbocycles. The van der Waals surface area contributed by atoms with Crippen LogP contribution < -0.4 is 5.73 Å². The minimum absolute atomic E-state index is 0.732. The Hall–Kier alpha value is -0.900. The van der Waals surface area contributed by atoms with E-state index in [1.807, 2.05) is 4.68 Å². The van der Waals surface area contributed by atoms with Crippen LogP contribution in [-0.2, 0) is 13.0 Å². The first-order valence-electron chi connectivity index (χ1n) is 5.47. The molecule has 0 aromatic carbocycles. The minimum Gasteiger partial charge on any atom is -0.330 e. The number of aromatic nitrogens is 3. The highest BCUT2D eigenvalue weighted by molar-refractivity contribution is 4.92. The van der Waals surface area contributed by atoms with Crippen molar-refractivity contribution in [3.8, 4) is 0 Å². The Balaban J connectivity index is 1.82. The van der Waals surface area contributed by atoms with Crippen LogP contribution in [0.2, 0.25) is 0 Å². The molecule has 1 aromatic rings. The van der Waals surface area contributed by atoms with Crippen LogP contribution in [0.5, 0.6) is 0 Å². The van der Waals surface area contributed by atoms with Gasteiger partial charge in [0.2, 0.25) is 0 Å². The van der Waals surface area contributed by atoms with Crippen molar-refractivity contribution in [2.24, 2.45) is 11.7 Å². The Bertz CT molecular complexity index is 277. The third-order valence-corrected chi connectivity index (χ3v) is 2.89. The SMILES string of the molecule is NCCCc1cn(CC2CCC2)nn1. The minimum atomic E-state index is 0.732. The van der Waals surface area contributed by atoms with Crippen molar-refractivity contribution in [2.75, 3.05) is 6.54 Å². The largest absolute Gasteiger partial charge is 0.330 e. The van der Waals surface area contributed by atoms with Gasteiger partial charge in [0.1, 0.15) is 0 Å². The predicted octanol–water partition coefficient (Wildman–Crippen LogP) is 0.969. The summed E-state index contributed by atoms with van der Waals surface area (Å²) >= 11 is 0. The summed E-state index contributed by atoms with van der Waals surface area (Å²) in [6.45, 7) is 1.78. The molecule has 14 heavy (non-hydrogen) atoms. The molecular formula is C10H18N4. The second kappa shape index (κ2) is 4.55. The van der Waals surface area contributed by atoms with Crippen LogP contribution in [0.25, 0.3) is 0 Å². The molecule has 1 aliphatic rings. The van der Waals surface area contributed by atoms with Gasteiger partial charge in [-0.15, -0.1) is 5.10 Å². The summed E-state index contributed by atoms with van der Waals surface area (Å²) in [5, 5.41) is 8.24. The van der Waals surface area contributed by atoms with Gasteiger partial charge in [0, 0.05) is 12.7 Å². The lowest BCUT2D eigenvalue weighted by Crippen LogP contribution is -2.18. The van der Waals surface area contributed by atoms with Crippen molar-refractivity contribution in [1.82, 2.24) is 15.0 Å². The fourth-order valence-electron chi connectivity index (χ4n) is 1.77. The number of hydrogen-bond donors (Lipinski definition) is 1. The van der Waals surface area contributed by atoms with Gasteiger partial charge in [-0.1, -0.05) is 11.6 Å². The third-order valence-electron chi connectivity index (χ3n) is 2.89. The van der Waals surface area contributed by atoms with E-state index in [-0.39, 0.29) is 0 Å². The van der Waals surface area contributed by atoms with E-state index < -0.39 is 0 Å². The summed E-state index contributed by atoms with van der Waals surface area (Å²) in [4.78, 5) is 0. The van der Waals surface area contributed by atoms with E-state index in [1.54, 1.807) is 0 Å². The second-order valence-corrected chi connectivity index (χ2v) is 4.12. The van der Waals surface area contributed by atoms with Gasteiger partial charge in [0.25, 0.3) is 0 Å². The Kier molecular flexibility index (Phi) is 3.14. The van der Waals surface area contributed by atoms with Gasteiger partial charge < -0.3 is 5.73 Å². The molecule has 0 spiro atoms. The molecule has 0 bridgehead atoms. The molecule has 0 saturated heterocycles. The number of aryl methyl sites for hydroxylation is 1. The fourth-order valence-corrected chi connectivity index (χ4v) is 1.77. The van der Waals surface area contributed by atoms with Crippen LogP contribution in [0, 0.1) is 5.92 Å². The molecule has 2 rings (SSSR count). The maximum Gasteiger partial charge on any atom is 0.0827 e. The van der Waals surface area contributed by atoms with Crippen LogP contribution in [0.1, 0.15) is 31.4 Å². The summed E-state index contributed by atoms with van der Waals surface area (Å²) in [6, 6.07) is 0. The normalized spacial score (nSPS) is 16.9. The highest BCUT2D eigenvalue weighted by atomic mass is 15.4. The predicted molar refractivity (Wildman–Crippen MR) is 54.7 cm³/mol. The first-order valence-corrected chi connectivity index (χ1v) is 5.47. The van der Waals surface area contributed by atoms with E-state index in [9.17, 15) is 0 Å². The second-order valence-electron chi connectivity index (χ2n) is 4.12. The number of nitrogens with two attached hydrogens (primary N) is 1. The van der Waals surface area contributed by atoms with Gasteiger partial charge in [-0.25, -0.2) is 0 Å². The van der Waals surface area contributed by atoms with Gasteiger partial charge in [-0.2, -0.15) is 0 Å². The molecule has 0 atom stereocenters. The van der Waals surface area contributed by atoms with Crippen molar-refractivity contribution in [2.45, 2.75) is 38.6 Å². The third kappa shape index (κ3) is 2.32. The molecule has 78 valence electrons. The number of nitrogens with zero attached hydrogens (tertiary/aromatic N) is 3. The van der Waals surface area contributed by atoms with E-state index >= 15 is 0 Å². The van der Waals surface area contributed by atoms with Crippen LogP contribution >= 0.6 is 0 Å². The van der Waals surface area contributed by atoms with E-state index in [0.29, 0.717) is 0 Å². The van der Waals surface area contributed by atoms with E-state index in [2.05, 4.69) is 16.5 Å². The lowest BCUT2D eigenvalue weighted by molar-refractivity contribution is 0.264. The Morgan fingerprint density at radius 1 is 1.50 bits per heavy atom. The van der Waals surface area contributed by atoms with Crippen molar-refractivity contribution in [1.29, 1.82) is 0 Å². The Labute approximate surface area is 84.5 Å². The van der Waals surface area contributed by atoms with Crippen LogP contribution in [-0.4, -0.2) is 21.5 Å². The summed E-state index contributed by atoms with van der Waals surface area (Å²) in [5.74, 6) is 0.846. The Morgan fingerprint density at radius 2 is 2.36 bits per heavy atom. The molecule has 0 unspecified atom stereocenters. The van der Waals surface area contributed by atoms with E-state index in [0.717, 1.165) is 37.5 Å². The smallest absolute Gasteiger partial charge is 0.0827 e. The van der Waals surface area contributed by atoms with Crippen LogP contribution in [0.15, 0.2) is 6.20 Å². The quantitative estimate of drug-likeness (QED) is 0.760. The van der Waals surface area contributed by atoms with Crippen LogP contribution in [0.4, 0.5) is 0 Å². The molecule has 0 amide bonds. The molecular weight excluding hydrogens is 176 g/mol. The summed E-state index contributed by atoms with van der Waals surface area (Å²) in [6.07, 6.45) is 8.13. The maximum absolute atomic E-state index is 5.44. The van der Waals surface area contributed by atoms with E-state index in [1.165, 1.54) is 19.3 Å². The Morgan fingerprint density at radius 3 is 3.00 bits per heavy atom. The highest BCUT2D eigenvalue weighted by Gasteiger charge is 2.18. The van der Waals surface area contributed by atoms with Gasteiger partial charge in [0.15, 0.2) is 0 Å². The monoisotopic (exact) mass is 194 g/mol. The van der Waals surface area contributed by atoms with Crippen molar-refractivity contribution in [3.63, 3.8) is 0 Å². The van der Waals surface area contributed by atoms with E-state index in [4.69, 9.17) is 5.73 Å². The van der Waals surface area contributed by atoms with Crippen LogP contribution in [0.3, 0.4) is 0 Å². The molecule has 4 nitrogen and oxygen atoms in total. The van der Waals surface area contributed by atoms with Crippen molar-refractivity contribution in [3.05, 3.63) is 11.9 Å². The highest BCUT2D eigenvalue weighted by Crippen LogP contribution is 2.27. The zero-order valence-corrected chi connectivity index (χ0v) is 8.52. The first kappa shape index (κ1) is 9.65. The zero-order chi connectivity index (χ0) is 9.80. The molecule has 1 fully saturated rings. The lowest BCUT2D eigenvalue weighted by Gasteiger charge is -2.24. The molecule has 0 radical (unpaired) electrons. The number of hydrogen-bond acceptors (Lipinski definition) is 3. The van der Waals surface area contributed by atoms with Gasteiger partial charge in [-0.05, 0) is 38.1 Å². The molecule has 0 aliphatic heterocycles. The van der Waals surface area contributed by atoms with Crippen molar-refractivity contribution < 1.29 is 0 Å². The maximum atomic E-state index is 5.44. The number of rotatable bonds is 5. The average molecular weight is 194 g/mol. The first-order chi connectivity index (χ1) is 6.88. The topological polar surface area (TPSA) is 56.7 Å². The summed E-state index contributed by atoms with van der Waals surface area (Å²) < 4.78 is 1.98.